The first-order valence-corrected chi connectivity index (χ1v) is 4.08. The Morgan fingerprint density at radius 1 is 1.20 bits per heavy atom. The Bertz CT molecular complexity index is 314. The van der Waals surface area contributed by atoms with Crippen molar-refractivity contribution in [1.29, 1.82) is 0 Å². The smallest absolute Gasteiger partial charge is 0.329 e. The molecule has 0 spiro atoms. The molecule has 0 heterocycles. The van der Waals surface area contributed by atoms with Crippen LogP contribution in [0, 0.1) is 0 Å². The van der Waals surface area contributed by atoms with Crippen molar-refractivity contribution in [3.05, 3.63) is 35.4 Å². The number of halogens is 4. The summed E-state index contributed by atoms with van der Waals surface area (Å²) in [6.45, 7) is -0.00685. The van der Waals surface area contributed by atoms with E-state index in [4.69, 9.17) is 11.5 Å². The molecular formula is C9H12ClF3N2. The summed E-state index contributed by atoms with van der Waals surface area (Å²) in [5.74, 6) is 0. The van der Waals surface area contributed by atoms with Crippen LogP contribution in [-0.2, 0) is 6.18 Å². The minimum Gasteiger partial charge on any atom is -0.329 e. The Morgan fingerprint density at radius 2 is 1.73 bits per heavy atom. The molecule has 0 fully saturated rings. The fourth-order valence-corrected chi connectivity index (χ4v) is 1.21. The van der Waals surface area contributed by atoms with Crippen LogP contribution >= 0.6 is 12.4 Å². The lowest BCUT2D eigenvalue weighted by Crippen LogP contribution is -2.24. The highest BCUT2D eigenvalue weighted by atomic mass is 35.5. The monoisotopic (exact) mass is 240 g/mol. The molecule has 0 aromatic heterocycles. The van der Waals surface area contributed by atoms with Gasteiger partial charge in [-0.1, -0.05) is 18.2 Å². The van der Waals surface area contributed by atoms with Crippen LogP contribution in [0.5, 0.6) is 0 Å². The van der Waals surface area contributed by atoms with Gasteiger partial charge in [0.25, 0.3) is 0 Å². The van der Waals surface area contributed by atoms with Gasteiger partial charge in [0.1, 0.15) is 0 Å². The Kier molecular flexibility index (Phi) is 5.07. The Morgan fingerprint density at radius 3 is 2.20 bits per heavy atom. The zero-order valence-corrected chi connectivity index (χ0v) is 8.61. The van der Waals surface area contributed by atoms with E-state index in [1.807, 2.05) is 0 Å². The van der Waals surface area contributed by atoms with Crippen LogP contribution in [-0.4, -0.2) is 6.54 Å². The summed E-state index contributed by atoms with van der Waals surface area (Å²) in [6.07, 6.45) is -4.37. The molecule has 0 unspecified atom stereocenters. The van der Waals surface area contributed by atoms with Crippen molar-refractivity contribution in [2.24, 2.45) is 11.5 Å². The molecule has 1 rings (SSSR count). The molecule has 15 heavy (non-hydrogen) atoms. The third-order valence-electron chi connectivity index (χ3n) is 1.92. The van der Waals surface area contributed by atoms with E-state index in [9.17, 15) is 13.2 Å². The first kappa shape index (κ1) is 14.2. The van der Waals surface area contributed by atoms with E-state index in [2.05, 4.69) is 0 Å². The van der Waals surface area contributed by atoms with Gasteiger partial charge in [-0.15, -0.1) is 12.4 Å². The van der Waals surface area contributed by atoms with Crippen molar-refractivity contribution in [3.8, 4) is 0 Å². The summed E-state index contributed by atoms with van der Waals surface area (Å²) < 4.78 is 37.3. The topological polar surface area (TPSA) is 52.0 Å². The van der Waals surface area contributed by atoms with Gasteiger partial charge < -0.3 is 11.5 Å². The van der Waals surface area contributed by atoms with E-state index >= 15 is 0 Å². The molecule has 86 valence electrons. The summed E-state index contributed by atoms with van der Waals surface area (Å²) in [5, 5.41) is 0. The lowest BCUT2D eigenvalue weighted by Gasteiger charge is -2.16. The largest absolute Gasteiger partial charge is 0.416 e. The molecule has 2 nitrogen and oxygen atoms in total. The fourth-order valence-electron chi connectivity index (χ4n) is 1.21. The van der Waals surface area contributed by atoms with E-state index in [0.29, 0.717) is 0 Å². The maximum Gasteiger partial charge on any atom is 0.416 e. The Labute approximate surface area is 91.9 Å². The van der Waals surface area contributed by atoms with Gasteiger partial charge in [-0.3, -0.25) is 0 Å². The van der Waals surface area contributed by atoms with Gasteiger partial charge in [-0.2, -0.15) is 13.2 Å². The van der Waals surface area contributed by atoms with E-state index < -0.39 is 17.8 Å². The lowest BCUT2D eigenvalue weighted by molar-refractivity contribution is -0.138. The first-order valence-electron chi connectivity index (χ1n) is 4.08. The highest BCUT2D eigenvalue weighted by molar-refractivity contribution is 5.85. The van der Waals surface area contributed by atoms with E-state index in [1.54, 1.807) is 0 Å². The summed E-state index contributed by atoms with van der Waals surface area (Å²) in [6, 6.07) is 4.42. The molecule has 0 bridgehead atoms. The van der Waals surface area contributed by atoms with Crippen LogP contribution in [0.4, 0.5) is 13.2 Å². The minimum absolute atomic E-state index is 0. The van der Waals surface area contributed by atoms with Crippen molar-refractivity contribution in [1.82, 2.24) is 0 Å². The van der Waals surface area contributed by atoms with Crippen molar-refractivity contribution >= 4 is 12.4 Å². The third kappa shape index (κ3) is 3.37. The SMILES string of the molecule is Cl.NC[C@H](N)c1ccccc1C(F)(F)F. The third-order valence-corrected chi connectivity index (χ3v) is 1.92. The normalized spacial score (nSPS) is 13.1. The molecule has 0 saturated carbocycles. The van der Waals surface area contributed by atoms with Gasteiger partial charge in [-0.05, 0) is 11.6 Å². The molecule has 1 aromatic carbocycles. The predicted molar refractivity (Wildman–Crippen MR) is 54.7 cm³/mol. The molecule has 0 aliphatic rings. The molecule has 0 amide bonds. The number of hydrogen-bond donors (Lipinski definition) is 2. The van der Waals surface area contributed by atoms with Crippen LogP contribution in [0.3, 0.4) is 0 Å². The van der Waals surface area contributed by atoms with Gasteiger partial charge in [-0.25, -0.2) is 0 Å². The van der Waals surface area contributed by atoms with Gasteiger partial charge in [0.2, 0.25) is 0 Å². The van der Waals surface area contributed by atoms with Crippen molar-refractivity contribution in [2.75, 3.05) is 6.54 Å². The number of nitrogens with two attached hydrogens (primary N) is 2. The van der Waals surface area contributed by atoms with Crippen LogP contribution in [0.15, 0.2) is 24.3 Å². The highest BCUT2D eigenvalue weighted by Crippen LogP contribution is 2.33. The predicted octanol–water partition coefficient (Wildman–Crippen LogP) is 2.09. The van der Waals surface area contributed by atoms with Gasteiger partial charge in [0.05, 0.1) is 5.56 Å². The number of alkyl halides is 3. The maximum atomic E-state index is 12.4. The Balaban J connectivity index is 0.00000196. The average molecular weight is 241 g/mol. The quantitative estimate of drug-likeness (QED) is 0.832. The fraction of sp³-hybridized carbons (Fsp3) is 0.333. The molecule has 6 heteroatoms. The van der Waals surface area contributed by atoms with Crippen molar-refractivity contribution < 1.29 is 13.2 Å². The van der Waals surface area contributed by atoms with Gasteiger partial charge >= 0.3 is 6.18 Å². The van der Waals surface area contributed by atoms with Crippen LogP contribution in [0.25, 0.3) is 0 Å². The summed E-state index contributed by atoms with van der Waals surface area (Å²) >= 11 is 0. The molecule has 0 saturated heterocycles. The van der Waals surface area contributed by atoms with E-state index in [1.165, 1.54) is 18.2 Å². The van der Waals surface area contributed by atoms with Crippen molar-refractivity contribution in [2.45, 2.75) is 12.2 Å². The molecule has 0 aliphatic carbocycles. The second-order valence-corrected chi connectivity index (χ2v) is 2.93. The second-order valence-electron chi connectivity index (χ2n) is 2.93. The lowest BCUT2D eigenvalue weighted by atomic mass is 10.0. The van der Waals surface area contributed by atoms with Gasteiger partial charge in [0.15, 0.2) is 0 Å². The first-order chi connectivity index (χ1) is 6.46. The second kappa shape index (κ2) is 5.34. The molecule has 1 aromatic rings. The highest BCUT2D eigenvalue weighted by Gasteiger charge is 2.33. The molecular weight excluding hydrogens is 229 g/mol. The molecule has 0 aliphatic heterocycles. The average Bonchev–Trinajstić information content (AvgIpc) is 2.15. The van der Waals surface area contributed by atoms with Crippen LogP contribution < -0.4 is 11.5 Å². The van der Waals surface area contributed by atoms with Crippen LogP contribution in [0.2, 0.25) is 0 Å². The molecule has 1 atom stereocenters. The van der Waals surface area contributed by atoms with Crippen molar-refractivity contribution in [3.63, 3.8) is 0 Å². The van der Waals surface area contributed by atoms with E-state index in [0.717, 1.165) is 6.07 Å². The van der Waals surface area contributed by atoms with Gasteiger partial charge in [0, 0.05) is 12.6 Å². The standard InChI is InChI=1S/C9H11F3N2.ClH/c10-9(11,12)7-4-2-1-3-6(7)8(14)5-13;/h1-4,8H,5,13-14H2;1H/t8-;/m0./s1. The summed E-state index contributed by atoms with van der Waals surface area (Å²) in [4.78, 5) is 0. The number of benzene rings is 1. The Hall–Kier alpha value is -0.780. The zero-order valence-electron chi connectivity index (χ0n) is 7.79. The molecule has 4 N–H and O–H groups in total. The number of hydrogen-bond acceptors (Lipinski definition) is 2. The zero-order chi connectivity index (χ0) is 10.8. The van der Waals surface area contributed by atoms with Crippen LogP contribution in [0.1, 0.15) is 17.2 Å². The summed E-state index contributed by atoms with van der Waals surface area (Å²) in [7, 11) is 0. The number of rotatable bonds is 2. The van der Waals surface area contributed by atoms with E-state index in [-0.39, 0.29) is 24.5 Å². The minimum atomic E-state index is -4.37. The summed E-state index contributed by atoms with van der Waals surface area (Å²) in [5.41, 5.74) is 10.0. The molecule has 0 radical (unpaired) electrons. The maximum absolute atomic E-state index is 12.4.